The van der Waals surface area contributed by atoms with Crippen LogP contribution in [0.5, 0.6) is 0 Å². The molecule has 20 heavy (non-hydrogen) atoms. The Bertz CT molecular complexity index is 476. The van der Waals surface area contributed by atoms with Gasteiger partial charge in [-0.2, -0.15) is 0 Å². The maximum absolute atomic E-state index is 11.6. The Morgan fingerprint density at radius 3 is 2.95 bits per heavy atom. The number of methoxy groups -OCH3 is 1. The zero-order valence-electron chi connectivity index (χ0n) is 12.2. The molecule has 0 radical (unpaired) electrons. The third-order valence-corrected chi connectivity index (χ3v) is 3.99. The van der Waals surface area contributed by atoms with Crippen LogP contribution >= 0.6 is 0 Å². The van der Waals surface area contributed by atoms with E-state index in [1.54, 1.807) is 12.3 Å². The summed E-state index contributed by atoms with van der Waals surface area (Å²) in [5.41, 5.74) is 6.76. The van der Waals surface area contributed by atoms with Crippen molar-refractivity contribution >= 4 is 17.5 Å². The van der Waals surface area contributed by atoms with Crippen LogP contribution in [0.2, 0.25) is 0 Å². The Balaban J connectivity index is 2.11. The highest BCUT2D eigenvalue weighted by atomic mass is 16.5. The normalized spacial score (nSPS) is 22.9. The van der Waals surface area contributed by atoms with Gasteiger partial charge in [0.1, 0.15) is 5.82 Å². The lowest BCUT2D eigenvalue weighted by Gasteiger charge is -2.19. The monoisotopic (exact) mass is 277 g/mol. The van der Waals surface area contributed by atoms with Crippen LogP contribution in [0.1, 0.15) is 49.4 Å². The molecule has 5 nitrogen and oxygen atoms in total. The SMILES string of the molecule is COC(=O)c1ccnc(NC2CCCC(C)CC2)c1N. The minimum Gasteiger partial charge on any atom is -0.465 e. The van der Waals surface area contributed by atoms with Crippen LogP contribution in [0.15, 0.2) is 12.3 Å². The molecule has 5 heteroatoms. The predicted molar refractivity (Wildman–Crippen MR) is 79.6 cm³/mol. The van der Waals surface area contributed by atoms with E-state index in [4.69, 9.17) is 10.5 Å². The number of nitrogens with two attached hydrogens (primary N) is 1. The topological polar surface area (TPSA) is 77.2 Å². The Labute approximate surface area is 119 Å². The molecule has 0 bridgehead atoms. The quantitative estimate of drug-likeness (QED) is 0.656. The van der Waals surface area contributed by atoms with Crippen molar-refractivity contribution in [1.82, 2.24) is 4.98 Å². The fraction of sp³-hybridized carbons (Fsp3) is 0.600. The number of esters is 1. The average molecular weight is 277 g/mol. The second kappa shape index (κ2) is 6.59. The molecule has 0 saturated heterocycles. The molecule has 0 aliphatic heterocycles. The molecule has 2 atom stereocenters. The number of carbonyl (C=O) groups is 1. The van der Waals surface area contributed by atoms with Gasteiger partial charge in [0.15, 0.2) is 0 Å². The molecule has 1 fully saturated rings. The standard InChI is InChI=1S/C15H23N3O2/c1-10-4-3-5-11(7-6-10)18-14-13(16)12(8-9-17-14)15(19)20-2/h8-11H,3-7,16H2,1-2H3,(H,17,18). The van der Waals surface area contributed by atoms with Crippen molar-refractivity contribution in [1.29, 1.82) is 0 Å². The third-order valence-electron chi connectivity index (χ3n) is 3.99. The van der Waals surface area contributed by atoms with E-state index < -0.39 is 5.97 Å². The Kier molecular flexibility index (Phi) is 4.82. The highest BCUT2D eigenvalue weighted by molar-refractivity contribution is 5.97. The summed E-state index contributed by atoms with van der Waals surface area (Å²) in [4.78, 5) is 15.9. The van der Waals surface area contributed by atoms with Crippen molar-refractivity contribution in [3.05, 3.63) is 17.8 Å². The Morgan fingerprint density at radius 1 is 1.40 bits per heavy atom. The van der Waals surface area contributed by atoms with E-state index in [1.807, 2.05) is 0 Å². The molecule has 2 unspecified atom stereocenters. The third kappa shape index (κ3) is 3.40. The van der Waals surface area contributed by atoms with Gasteiger partial charge >= 0.3 is 5.97 Å². The number of pyridine rings is 1. The summed E-state index contributed by atoms with van der Waals surface area (Å²) in [5.74, 6) is 0.948. The summed E-state index contributed by atoms with van der Waals surface area (Å²) in [7, 11) is 1.35. The van der Waals surface area contributed by atoms with E-state index in [1.165, 1.54) is 26.4 Å². The predicted octanol–water partition coefficient (Wildman–Crippen LogP) is 2.83. The van der Waals surface area contributed by atoms with Gasteiger partial charge in [-0.1, -0.05) is 19.8 Å². The van der Waals surface area contributed by atoms with Gasteiger partial charge in [-0.25, -0.2) is 9.78 Å². The number of carbonyl (C=O) groups excluding carboxylic acids is 1. The van der Waals surface area contributed by atoms with Gasteiger partial charge in [-0.3, -0.25) is 0 Å². The summed E-state index contributed by atoms with van der Waals surface area (Å²) in [6.07, 6.45) is 7.54. The molecule has 0 amide bonds. The van der Waals surface area contributed by atoms with Crippen LogP contribution in [0.4, 0.5) is 11.5 Å². The van der Waals surface area contributed by atoms with Gasteiger partial charge in [0, 0.05) is 12.2 Å². The highest BCUT2D eigenvalue weighted by Gasteiger charge is 2.19. The van der Waals surface area contributed by atoms with Crippen molar-refractivity contribution in [3.8, 4) is 0 Å². The maximum Gasteiger partial charge on any atom is 0.340 e. The molecular weight excluding hydrogens is 254 g/mol. The number of anilines is 2. The number of aromatic nitrogens is 1. The zero-order chi connectivity index (χ0) is 14.5. The van der Waals surface area contributed by atoms with E-state index in [9.17, 15) is 4.79 Å². The first-order valence-corrected chi connectivity index (χ1v) is 7.21. The second-order valence-corrected chi connectivity index (χ2v) is 5.57. The summed E-state index contributed by atoms with van der Waals surface area (Å²) in [6.45, 7) is 2.30. The number of nitrogens with one attached hydrogen (secondary N) is 1. The minimum atomic E-state index is -0.428. The summed E-state index contributed by atoms with van der Waals surface area (Å²) in [6, 6.07) is 1.96. The van der Waals surface area contributed by atoms with Crippen molar-refractivity contribution in [2.45, 2.75) is 45.1 Å². The number of nitrogens with zero attached hydrogens (tertiary/aromatic N) is 1. The first kappa shape index (κ1) is 14.6. The van der Waals surface area contributed by atoms with Crippen molar-refractivity contribution in [2.24, 2.45) is 5.92 Å². The largest absolute Gasteiger partial charge is 0.465 e. The lowest BCUT2D eigenvalue weighted by atomic mass is 10.0. The average Bonchev–Trinajstić information content (AvgIpc) is 2.65. The lowest BCUT2D eigenvalue weighted by Crippen LogP contribution is -2.21. The number of rotatable bonds is 3. The first-order chi connectivity index (χ1) is 9.61. The van der Waals surface area contributed by atoms with Gasteiger partial charge in [0.25, 0.3) is 0 Å². The fourth-order valence-electron chi connectivity index (χ4n) is 2.70. The summed E-state index contributed by atoms with van der Waals surface area (Å²) >= 11 is 0. The fourth-order valence-corrected chi connectivity index (χ4v) is 2.70. The molecule has 1 aromatic rings. The Hall–Kier alpha value is -1.78. The number of nitrogen functional groups attached to an aromatic ring is 1. The van der Waals surface area contributed by atoms with Crippen LogP contribution in [-0.4, -0.2) is 24.1 Å². The molecule has 1 aliphatic carbocycles. The highest BCUT2D eigenvalue weighted by Crippen LogP contribution is 2.27. The molecule has 1 aliphatic rings. The number of hydrogen-bond acceptors (Lipinski definition) is 5. The minimum absolute atomic E-state index is 0.368. The Morgan fingerprint density at radius 2 is 2.20 bits per heavy atom. The summed E-state index contributed by atoms with van der Waals surface area (Å²) < 4.78 is 4.72. The van der Waals surface area contributed by atoms with Gasteiger partial charge < -0.3 is 15.8 Å². The van der Waals surface area contributed by atoms with Crippen LogP contribution in [0, 0.1) is 5.92 Å². The molecule has 0 spiro atoms. The maximum atomic E-state index is 11.6. The van der Waals surface area contributed by atoms with Crippen LogP contribution < -0.4 is 11.1 Å². The molecular formula is C15H23N3O2. The number of hydrogen-bond donors (Lipinski definition) is 2. The molecule has 1 saturated carbocycles. The van der Waals surface area contributed by atoms with E-state index in [0.29, 0.717) is 23.1 Å². The van der Waals surface area contributed by atoms with Crippen LogP contribution in [0.3, 0.4) is 0 Å². The summed E-state index contributed by atoms with van der Waals surface area (Å²) in [5, 5.41) is 3.39. The van der Waals surface area contributed by atoms with Gasteiger partial charge in [-0.15, -0.1) is 0 Å². The van der Waals surface area contributed by atoms with Crippen LogP contribution in [-0.2, 0) is 4.74 Å². The smallest absolute Gasteiger partial charge is 0.340 e. The molecule has 3 N–H and O–H groups in total. The van der Waals surface area contributed by atoms with E-state index in [2.05, 4.69) is 17.2 Å². The van der Waals surface area contributed by atoms with Crippen molar-refractivity contribution in [3.63, 3.8) is 0 Å². The molecule has 110 valence electrons. The first-order valence-electron chi connectivity index (χ1n) is 7.21. The second-order valence-electron chi connectivity index (χ2n) is 5.57. The molecule has 1 aromatic heterocycles. The van der Waals surface area contributed by atoms with E-state index >= 15 is 0 Å². The van der Waals surface area contributed by atoms with Gasteiger partial charge in [-0.05, 0) is 31.2 Å². The molecule has 0 aromatic carbocycles. The zero-order valence-corrected chi connectivity index (χ0v) is 12.2. The molecule has 1 heterocycles. The van der Waals surface area contributed by atoms with E-state index in [-0.39, 0.29) is 0 Å². The number of ether oxygens (including phenoxy) is 1. The van der Waals surface area contributed by atoms with Gasteiger partial charge in [0.2, 0.25) is 0 Å². The lowest BCUT2D eigenvalue weighted by molar-refractivity contribution is 0.0602. The van der Waals surface area contributed by atoms with Crippen molar-refractivity contribution < 1.29 is 9.53 Å². The van der Waals surface area contributed by atoms with Crippen molar-refractivity contribution in [2.75, 3.05) is 18.2 Å². The van der Waals surface area contributed by atoms with Gasteiger partial charge in [0.05, 0.1) is 18.4 Å². The van der Waals surface area contributed by atoms with E-state index in [0.717, 1.165) is 18.8 Å². The molecule has 2 rings (SSSR count). The van der Waals surface area contributed by atoms with Crippen LogP contribution in [0.25, 0.3) is 0 Å².